The zero-order chi connectivity index (χ0) is 14.6. The van der Waals surface area contributed by atoms with Crippen molar-refractivity contribution in [1.29, 1.82) is 0 Å². The van der Waals surface area contributed by atoms with Crippen LogP contribution in [0.4, 0.5) is 0 Å². The number of piperidine rings is 1. The topological polar surface area (TPSA) is 67.2 Å². The molecule has 0 aliphatic carbocycles. The van der Waals surface area contributed by atoms with Crippen LogP contribution < -0.4 is 5.32 Å². The van der Waals surface area contributed by atoms with Crippen molar-refractivity contribution in [1.82, 2.24) is 19.2 Å². The average molecular weight is 300 g/mol. The van der Waals surface area contributed by atoms with Gasteiger partial charge >= 0.3 is 0 Å². The number of imidazole rings is 1. The van der Waals surface area contributed by atoms with E-state index in [1.807, 2.05) is 12.5 Å². The van der Waals surface area contributed by atoms with E-state index >= 15 is 0 Å². The fourth-order valence-corrected chi connectivity index (χ4v) is 3.45. The predicted octanol–water partition coefficient (Wildman–Crippen LogP) is 0.807. The summed E-state index contributed by atoms with van der Waals surface area (Å²) in [6, 6.07) is 0.387. The molecule has 1 fully saturated rings. The van der Waals surface area contributed by atoms with Crippen LogP contribution in [-0.4, -0.2) is 47.7 Å². The molecule has 1 N–H and O–H groups in total. The van der Waals surface area contributed by atoms with Crippen molar-refractivity contribution in [2.45, 2.75) is 45.3 Å². The third kappa shape index (κ3) is 4.04. The number of nitrogens with zero attached hydrogens (tertiary/aromatic N) is 3. The van der Waals surface area contributed by atoms with Crippen molar-refractivity contribution < 1.29 is 8.42 Å². The van der Waals surface area contributed by atoms with Crippen molar-refractivity contribution in [3.63, 3.8) is 0 Å². The maximum atomic E-state index is 11.4. The smallest absolute Gasteiger partial charge is 0.211 e. The molecule has 2 rings (SSSR count). The lowest BCUT2D eigenvalue weighted by atomic mass is 10.1. The van der Waals surface area contributed by atoms with Gasteiger partial charge in [-0.25, -0.2) is 17.7 Å². The number of hydrogen-bond donors (Lipinski definition) is 1. The highest BCUT2D eigenvalue weighted by Gasteiger charge is 2.24. The molecule has 0 spiro atoms. The highest BCUT2D eigenvalue weighted by Crippen LogP contribution is 2.13. The first kappa shape index (κ1) is 15.5. The molecular weight excluding hydrogens is 276 g/mol. The van der Waals surface area contributed by atoms with Crippen LogP contribution in [0.15, 0.2) is 12.5 Å². The SMILES string of the molecule is CCCn1cncc1CNC1CCN(S(C)(=O)=O)CC1. The highest BCUT2D eigenvalue weighted by atomic mass is 32.2. The second-order valence-electron chi connectivity index (χ2n) is 5.40. The molecule has 6 nitrogen and oxygen atoms in total. The lowest BCUT2D eigenvalue weighted by molar-refractivity contribution is 0.288. The number of hydrogen-bond acceptors (Lipinski definition) is 4. The van der Waals surface area contributed by atoms with Crippen LogP contribution in [0.3, 0.4) is 0 Å². The van der Waals surface area contributed by atoms with Gasteiger partial charge in [-0.15, -0.1) is 0 Å². The van der Waals surface area contributed by atoms with E-state index in [4.69, 9.17) is 0 Å². The molecule has 0 radical (unpaired) electrons. The number of nitrogens with one attached hydrogen (secondary N) is 1. The second-order valence-corrected chi connectivity index (χ2v) is 7.38. The largest absolute Gasteiger partial charge is 0.333 e. The fourth-order valence-electron chi connectivity index (χ4n) is 2.58. The van der Waals surface area contributed by atoms with Crippen LogP contribution in [0.2, 0.25) is 0 Å². The van der Waals surface area contributed by atoms with Gasteiger partial charge in [0.25, 0.3) is 0 Å². The Labute approximate surface area is 121 Å². The normalized spacial score (nSPS) is 18.5. The summed E-state index contributed by atoms with van der Waals surface area (Å²) in [5, 5.41) is 3.51. The van der Waals surface area contributed by atoms with Gasteiger partial charge in [-0.05, 0) is 19.3 Å². The predicted molar refractivity (Wildman–Crippen MR) is 78.8 cm³/mol. The molecule has 0 bridgehead atoms. The summed E-state index contributed by atoms with van der Waals surface area (Å²) < 4.78 is 26.6. The molecule has 7 heteroatoms. The zero-order valence-corrected chi connectivity index (χ0v) is 13.1. The maximum absolute atomic E-state index is 11.4. The number of sulfonamides is 1. The van der Waals surface area contributed by atoms with Crippen LogP contribution >= 0.6 is 0 Å². The van der Waals surface area contributed by atoms with E-state index in [9.17, 15) is 8.42 Å². The summed E-state index contributed by atoms with van der Waals surface area (Å²) >= 11 is 0. The Hall–Kier alpha value is -0.920. The lowest BCUT2D eigenvalue weighted by Crippen LogP contribution is -2.44. The van der Waals surface area contributed by atoms with Crippen LogP contribution in [0, 0.1) is 0 Å². The van der Waals surface area contributed by atoms with E-state index in [0.29, 0.717) is 19.1 Å². The van der Waals surface area contributed by atoms with Crippen molar-refractivity contribution in [3.8, 4) is 0 Å². The Kier molecular flexibility index (Phi) is 5.17. The van der Waals surface area contributed by atoms with Gasteiger partial charge in [-0.3, -0.25) is 0 Å². The number of aryl methyl sites for hydroxylation is 1. The summed E-state index contributed by atoms with van der Waals surface area (Å²) in [7, 11) is -3.03. The van der Waals surface area contributed by atoms with Crippen molar-refractivity contribution >= 4 is 10.0 Å². The summed E-state index contributed by atoms with van der Waals surface area (Å²) in [6.45, 7) is 5.17. The summed E-state index contributed by atoms with van der Waals surface area (Å²) in [5.74, 6) is 0. The number of rotatable bonds is 6. The fraction of sp³-hybridized carbons (Fsp3) is 0.769. The quantitative estimate of drug-likeness (QED) is 0.844. The Bertz CT molecular complexity index is 518. The van der Waals surface area contributed by atoms with E-state index in [1.165, 1.54) is 11.9 Å². The van der Waals surface area contributed by atoms with Gasteiger partial charge in [-0.1, -0.05) is 6.92 Å². The van der Waals surface area contributed by atoms with Gasteiger partial charge < -0.3 is 9.88 Å². The summed E-state index contributed by atoms with van der Waals surface area (Å²) in [6.07, 6.45) is 7.88. The zero-order valence-electron chi connectivity index (χ0n) is 12.2. The van der Waals surface area contributed by atoms with E-state index in [1.54, 1.807) is 4.31 Å². The lowest BCUT2D eigenvalue weighted by Gasteiger charge is -2.30. The minimum atomic E-state index is -3.03. The van der Waals surface area contributed by atoms with Crippen LogP contribution in [0.5, 0.6) is 0 Å². The van der Waals surface area contributed by atoms with Crippen molar-refractivity contribution in [3.05, 3.63) is 18.2 Å². The average Bonchev–Trinajstić information content (AvgIpc) is 2.84. The van der Waals surface area contributed by atoms with Gasteiger partial charge in [0.05, 0.1) is 18.3 Å². The molecule has 0 saturated carbocycles. The second kappa shape index (κ2) is 6.69. The van der Waals surface area contributed by atoms with E-state index in [-0.39, 0.29) is 0 Å². The monoisotopic (exact) mass is 300 g/mol. The van der Waals surface area contributed by atoms with Crippen LogP contribution in [0.25, 0.3) is 0 Å². The Balaban J connectivity index is 1.80. The van der Waals surface area contributed by atoms with E-state index < -0.39 is 10.0 Å². The molecule has 1 aromatic heterocycles. The Morgan fingerprint density at radius 3 is 2.70 bits per heavy atom. The van der Waals surface area contributed by atoms with E-state index in [2.05, 4.69) is 21.8 Å². The van der Waals surface area contributed by atoms with Gasteiger partial charge in [0.2, 0.25) is 10.0 Å². The van der Waals surface area contributed by atoms with Gasteiger partial charge in [0, 0.05) is 38.4 Å². The number of aromatic nitrogens is 2. The Morgan fingerprint density at radius 2 is 2.10 bits per heavy atom. The molecule has 1 aliphatic heterocycles. The molecule has 2 heterocycles. The molecule has 0 unspecified atom stereocenters. The molecular formula is C13H24N4O2S. The van der Waals surface area contributed by atoms with Crippen LogP contribution in [0.1, 0.15) is 31.9 Å². The molecule has 1 saturated heterocycles. The molecule has 0 atom stereocenters. The minimum absolute atomic E-state index is 0.387. The molecule has 20 heavy (non-hydrogen) atoms. The first-order valence-corrected chi connectivity index (χ1v) is 9.03. The molecule has 0 aromatic carbocycles. The first-order chi connectivity index (χ1) is 9.50. The molecule has 1 aliphatic rings. The minimum Gasteiger partial charge on any atom is -0.333 e. The maximum Gasteiger partial charge on any atom is 0.211 e. The van der Waals surface area contributed by atoms with Crippen LogP contribution in [-0.2, 0) is 23.1 Å². The summed E-state index contributed by atoms with van der Waals surface area (Å²) in [4.78, 5) is 4.18. The Morgan fingerprint density at radius 1 is 1.40 bits per heavy atom. The van der Waals surface area contributed by atoms with Crippen molar-refractivity contribution in [2.75, 3.05) is 19.3 Å². The molecule has 114 valence electrons. The third-order valence-electron chi connectivity index (χ3n) is 3.76. The standard InChI is InChI=1S/C13H24N4O2S/c1-3-6-16-11-14-9-13(16)10-15-12-4-7-17(8-5-12)20(2,18)19/h9,11-12,15H,3-8,10H2,1-2H3. The van der Waals surface area contributed by atoms with Gasteiger partial charge in [0.15, 0.2) is 0 Å². The van der Waals surface area contributed by atoms with Crippen molar-refractivity contribution in [2.24, 2.45) is 0 Å². The molecule has 0 amide bonds. The van der Waals surface area contributed by atoms with Gasteiger partial charge in [0.1, 0.15) is 0 Å². The summed E-state index contributed by atoms with van der Waals surface area (Å²) in [5.41, 5.74) is 1.19. The highest BCUT2D eigenvalue weighted by molar-refractivity contribution is 7.88. The first-order valence-electron chi connectivity index (χ1n) is 7.18. The van der Waals surface area contributed by atoms with Gasteiger partial charge in [-0.2, -0.15) is 0 Å². The molecule has 1 aromatic rings. The van der Waals surface area contributed by atoms with E-state index in [0.717, 1.165) is 32.4 Å². The third-order valence-corrected chi connectivity index (χ3v) is 5.06.